The molecule has 0 aliphatic rings. The number of carbonyl (C=O) groups excluding carboxylic acids is 1. The average molecular weight is 262 g/mol. The van der Waals surface area contributed by atoms with Crippen molar-refractivity contribution >= 4 is 65.9 Å². The molecule has 0 amide bonds. The molecule has 1 N–H and O–H groups in total. The molecule has 1 unspecified atom stereocenters. The number of esters is 1. The summed E-state index contributed by atoms with van der Waals surface area (Å²) in [7, 11) is 0. The summed E-state index contributed by atoms with van der Waals surface area (Å²) in [6, 6.07) is 0. The van der Waals surface area contributed by atoms with Gasteiger partial charge in [0, 0.05) is 11.5 Å². The second kappa shape index (κ2) is 9.84. The summed E-state index contributed by atoms with van der Waals surface area (Å²) < 4.78 is 4.80. The van der Waals surface area contributed by atoms with E-state index in [1.165, 1.54) is 11.8 Å². The minimum atomic E-state index is -1.11. The van der Waals surface area contributed by atoms with Crippen molar-refractivity contribution in [3.8, 4) is 0 Å². The standard InChI is InChI=1S/C8H14O4S2.Na.H/c1-5(3-13)8(11)12-6(4-14-2)7(9)10;;/h5-6,13H,3-4H2,1-2H3,(H,9,10);;/t5?,6-;;/m0../s1. The number of carboxylic acids is 1. The van der Waals surface area contributed by atoms with E-state index in [1.54, 1.807) is 13.2 Å². The Kier molecular flexibility index (Phi) is 11.8. The molecule has 2 atom stereocenters. The van der Waals surface area contributed by atoms with Crippen LogP contribution in [-0.4, -0.2) is 70.5 Å². The molecule has 0 rings (SSSR count). The first kappa shape index (κ1) is 18.0. The molecule has 84 valence electrons. The van der Waals surface area contributed by atoms with Gasteiger partial charge in [0.15, 0.2) is 0 Å². The average Bonchev–Trinajstić information content (AvgIpc) is 2.15. The van der Waals surface area contributed by atoms with E-state index in [2.05, 4.69) is 12.6 Å². The summed E-state index contributed by atoms with van der Waals surface area (Å²) >= 11 is 5.25. The SMILES string of the molecule is CSC[C@H](OC(=O)C(C)CS)C(=O)O.[NaH]. The maximum absolute atomic E-state index is 11.2. The number of aliphatic carboxylic acids is 1. The van der Waals surface area contributed by atoms with Gasteiger partial charge in [0.2, 0.25) is 6.10 Å². The summed E-state index contributed by atoms with van der Waals surface area (Å²) in [6.45, 7) is 1.65. The monoisotopic (exact) mass is 262 g/mol. The molecule has 0 aliphatic carbocycles. The van der Waals surface area contributed by atoms with Gasteiger partial charge < -0.3 is 9.84 Å². The number of ether oxygens (including phenoxy) is 1. The number of carboxylic acid groups (broad SMARTS) is 1. The van der Waals surface area contributed by atoms with Crippen LogP contribution in [0.2, 0.25) is 0 Å². The van der Waals surface area contributed by atoms with Crippen LogP contribution in [0.4, 0.5) is 0 Å². The molecule has 15 heavy (non-hydrogen) atoms. The molecule has 0 radical (unpaired) electrons. The van der Waals surface area contributed by atoms with Crippen LogP contribution in [0, 0.1) is 5.92 Å². The van der Waals surface area contributed by atoms with Gasteiger partial charge in [0.25, 0.3) is 0 Å². The fraction of sp³-hybridized carbons (Fsp3) is 0.750. The first-order valence-electron chi connectivity index (χ1n) is 4.06. The topological polar surface area (TPSA) is 63.6 Å². The van der Waals surface area contributed by atoms with Crippen molar-refractivity contribution in [2.75, 3.05) is 17.8 Å². The summed E-state index contributed by atoms with van der Waals surface area (Å²) in [4.78, 5) is 21.8. The van der Waals surface area contributed by atoms with E-state index in [-0.39, 0.29) is 41.2 Å². The van der Waals surface area contributed by atoms with Crippen molar-refractivity contribution in [1.29, 1.82) is 0 Å². The molecule has 0 aromatic heterocycles. The summed E-state index contributed by atoms with van der Waals surface area (Å²) in [5.74, 6) is -1.38. The molecule has 0 aromatic carbocycles. The second-order valence-corrected chi connectivity index (χ2v) is 4.08. The quantitative estimate of drug-likeness (QED) is 0.408. The van der Waals surface area contributed by atoms with Crippen molar-refractivity contribution < 1.29 is 19.4 Å². The third-order valence-electron chi connectivity index (χ3n) is 1.53. The molecule has 0 heterocycles. The Morgan fingerprint density at radius 1 is 1.53 bits per heavy atom. The summed E-state index contributed by atoms with van der Waals surface area (Å²) in [5.41, 5.74) is 0. The van der Waals surface area contributed by atoms with Crippen LogP contribution < -0.4 is 0 Å². The van der Waals surface area contributed by atoms with E-state index in [0.717, 1.165) is 0 Å². The third-order valence-corrected chi connectivity index (χ3v) is 2.71. The molecule has 0 aromatic rings. The van der Waals surface area contributed by atoms with E-state index in [9.17, 15) is 9.59 Å². The van der Waals surface area contributed by atoms with Crippen LogP contribution in [0.15, 0.2) is 0 Å². The number of carbonyl (C=O) groups is 2. The Labute approximate surface area is 121 Å². The van der Waals surface area contributed by atoms with Gasteiger partial charge in [0.05, 0.1) is 5.92 Å². The van der Waals surface area contributed by atoms with Crippen LogP contribution in [0.5, 0.6) is 0 Å². The zero-order chi connectivity index (χ0) is 11.1. The zero-order valence-electron chi connectivity index (χ0n) is 8.10. The van der Waals surface area contributed by atoms with Gasteiger partial charge in [-0.2, -0.15) is 24.4 Å². The van der Waals surface area contributed by atoms with Crippen molar-refractivity contribution in [1.82, 2.24) is 0 Å². The van der Waals surface area contributed by atoms with E-state index in [1.807, 2.05) is 0 Å². The number of rotatable bonds is 6. The zero-order valence-corrected chi connectivity index (χ0v) is 9.81. The number of hydrogen-bond donors (Lipinski definition) is 2. The number of thiol groups is 1. The van der Waals surface area contributed by atoms with Crippen LogP contribution in [-0.2, 0) is 14.3 Å². The molecule has 4 nitrogen and oxygen atoms in total. The molecule has 0 saturated carbocycles. The fourth-order valence-electron chi connectivity index (χ4n) is 0.638. The van der Waals surface area contributed by atoms with Gasteiger partial charge in [0.1, 0.15) is 0 Å². The van der Waals surface area contributed by atoms with E-state index < -0.39 is 18.0 Å². The minimum absolute atomic E-state index is 0. The number of thioether (sulfide) groups is 1. The molecule has 7 heteroatoms. The van der Waals surface area contributed by atoms with Crippen LogP contribution in [0.1, 0.15) is 6.92 Å². The Balaban J connectivity index is 0. The Bertz CT molecular complexity index is 213. The predicted octanol–water partition coefficient (Wildman–Crippen LogP) is 0.263. The second-order valence-electron chi connectivity index (χ2n) is 2.80. The molecule has 0 bridgehead atoms. The number of hydrogen-bond acceptors (Lipinski definition) is 5. The van der Waals surface area contributed by atoms with Gasteiger partial charge in [-0.25, -0.2) is 4.79 Å². The van der Waals surface area contributed by atoms with Gasteiger partial charge in [-0.1, -0.05) is 6.92 Å². The normalized spacial score (nSPS) is 13.5. The molecule has 0 spiro atoms. The summed E-state index contributed by atoms with van der Waals surface area (Å²) in [6.07, 6.45) is 0.700. The van der Waals surface area contributed by atoms with Crippen molar-refractivity contribution in [3.05, 3.63) is 0 Å². The molecular weight excluding hydrogens is 247 g/mol. The Hall–Kier alpha value is 0.640. The molecule has 0 saturated heterocycles. The third kappa shape index (κ3) is 7.52. The molecule has 0 fully saturated rings. The first-order valence-corrected chi connectivity index (χ1v) is 6.08. The molecule has 0 aliphatic heterocycles. The van der Waals surface area contributed by atoms with Gasteiger partial charge in [-0.15, -0.1) is 0 Å². The first-order chi connectivity index (χ1) is 6.52. The van der Waals surface area contributed by atoms with Gasteiger partial charge >= 0.3 is 41.5 Å². The van der Waals surface area contributed by atoms with Crippen LogP contribution in [0.3, 0.4) is 0 Å². The Morgan fingerprint density at radius 2 is 2.07 bits per heavy atom. The maximum atomic E-state index is 11.2. The van der Waals surface area contributed by atoms with Crippen molar-refractivity contribution in [2.24, 2.45) is 5.92 Å². The van der Waals surface area contributed by atoms with Crippen LogP contribution in [0.25, 0.3) is 0 Å². The predicted molar refractivity (Wildman–Crippen MR) is 66.1 cm³/mol. The van der Waals surface area contributed by atoms with Crippen molar-refractivity contribution in [2.45, 2.75) is 13.0 Å². The van der Waals surface area contributed by atoms with Crippen molar-refractivity contribution in [3.63, 3.8) is 0 Å². The summed E-state index contributed by atoms with van der Waals surface area (Å²) in [5, 5.41) is 8.70. The van der Waals surface area contributed by atoms with E-state index >= 15 is 0 Å². The van der Waals surface area contributed by atoms with Gasteiger partial charge in [-0.05, 0) is 6.26 Å². The van der Waals surface area contributed by atoms with Crippen LogP contribution >= 0.6 is 24.4 Å². The van der Waals surface area contributed by atoms with Gasteiger partial charge in [-0.3, -0.25) is 4.79 Å². The fourth-order valence-corrected chi connectivity index (χ4v) is 1.30. The van der Waals surface area contributed by atoms with E-state index in [0.29, 0.717) is 5.75 Å². The Morgan fingerprint density at radius 3 is 2.40 bits per heavy atom. The van der Waals surface area contributed by atoms with E-state index in [4.69, 9.17) is 9.84 Å². The molecular formula is C8H15NaO4S2.